The highest BCUT2D eigenvalue weighted by Gasteiger charge is 2.11. The Kier molecular flexibility index (Phi) is 4.39. The van der Waals surface area contributed by atoms with E-state index >= 15 is 0 Å². The molecule has 0 unspecified atom stereocenters. The second-order valence-corrected chi connectivity index (χ2v) is 4.09. The second-order valence-electron chi connectivity index (χ2n) is 4.09. The molecule has 0 saturated carbocycles. The molecule has 1 N–H and O–H groups in total. The van der Waals surface area contributed by atoms with E-state index in [9.17, 15) is 8.78 Å². The molecule has 1 aromatic heterocycles. The molecule has 0 radical (unpaired) electrons. The van der Waals surface area contributed by atoms with Crippen molar-refractivity contribution in [3.63, 3.8) is 0 Å². The monoisotopic (exact) mass is 283 g/mol. The van der Waals surface area contributed by atoms with Gasteiger partial charge in [0, 0.05) is 25.9 Å². The first-order valence-corrected chi connectivity index (χ1v) is 5.93. The molecular weight excluding hydrogens is 268 g/mol. The summed E-state index contributed by atoms with van der Waals surface area (Å²) < 4.78 is 35.7. The normalized spacial score (nSPS) is 10.7. The third-order valence-electron chi connectivity index (χ3n) is 2.63. The van der Waals surface area contributed by atoms with Gasteiger partial charge >= 0.3 is 6.61 Å². The van der Waals surface area contributed by atoms with Crippen molar-refractivity contribution in [3.05, 3.63) is 36.0 Å². The second kappa shape index (κ2) is 6.23. The zero-order valence-corrected chi connectivity index (χ0v) is 11.1. The third kappa shape index (κ3) is 3.59. The van der Waals surface area contributed by atoms with Gasteiger partial charge in [0.25, 0.3) is 0 Å². The summed E-state index contributed by atoms with van der Waals surface area (Å²) in [5, 5.41) is 7.24. The maximum absolute atomic E-state index is 12.3. The van der Waals surface area contributed by atoms with Crippen LogP contribution >= 0.6 is 0 Å². The van der Waals surface area contributed by atoms with Gasteiger partial charge in [0.1, 0.15) is 5.82 Å². The van der Waals surface area contributed by atoms with Crippen LogP contribution in [0.4, 0.5) is 14.6 Å². The number of halogens is 2. The van der Waals surface area contributed by atoms with Gasteiger partial charge in [-0.1, -0.05) is 6.07 Å². The first-order chi connectivity index (χ1) is 9.58. The van der Waals surface area contributed by atoms with Crippen LogP contribution in [0.25, 0.3) is 0 Å². The SMILES string of the molecule is COc1ccc(CNc2ccn(C)n2)cc1OC(F)F. The molecule has 7 heteroatoms. The molecule has 0 spiro atoms. The fourth-order valence-corrected chi connectivity index (χ4v) is 1.72. The van der Waals surface area contributed by atoms with E-state index in [0.29, 0.717) is 12.4 Å². The molecule has 2 aromatic rings. The standard InChI is InChI=1S/C13H15F2N3O2/c1-18-6-5-12(17-18)16-8-9-3-4-10(19-2)11(7-9)20-13(14)15/h3-7,13H,8H2,1-2H3,(H,16,17). The molecule has 0 amide bonds. The molecular formula is C13H15F2N3O2. The molecule has 108 valence electrons. The number of rotatable bonds is 6. The summed E-state index contributed by atoms with van der Waals surface area (Å²) in [6, 6.07) is 6.70. The summed E-state index contributed by atoms with van der Waals surface area (Å²) in [6.45, 7) is -2.44. The van der Waals surface area contributed by atoms with Crippen molar-refractivity contribution >= 4 is 5.82 Å². The van der Waals surface area contributed by atoms with E-state index in [4.69, 9.17) is 4.74 Å². The van der Waals surface area contributed by atoms with Gasteiger partial charge in [0.2, 0.25) is 0 Å². The van der Waals surface area contributed by atoms with Crippen LogP contribution in [0.15, 0.2) is 30.5 Å². The number of nitrogens with one attached hydrogen (secondary N) is 1. The highest BCUT2D eigenvalue weighted by molar-refractivity contribution is 5.44. The van der Waals surface area contributed by atoms with Crippen molar-refractivity contribution in [2.24, 2.45) is 7.05 Å². The molecule has 0 fully saturated rings. The smallest absolute Gasteiger partial charge is 0.387 e. The lowest BCUT2D eigenvalue weighted by atomic mass is 10.2. The number of anilines is 1. The summed E-state index contributed by atoms with van der Waals surface area (Å²) in [6.07, 6.45) is 1.81. The first kappa shape index (κ1) is 14.1. The number of nitrogens with zero attached hydrogens (tertiary/aromatic N) is 2. The Morgan fingerprint density at radius 3 is 2.70 bits per heavy atom. The largest absolute Gasteiger partial charge is 0.493 e. The highest BCUT2D eigenvalue weighted by Crippen LogP contribution is 2.29. The molecule has 2 rings (SSSR count). The number of aryl methyl sites for hydroxylation is 1. The van der Waals surface area contributed by atoms with Crippen molar-refractivity contribution in [2.45, 2.75) is 13.2 Å². The average Bonchev–Trinajstić information content (AvgIpc) is 2.82. The molecule has 1 aromatic carbocycles. The Balaban J connectivity index is 2.07. The molecule has 0 aliphatic heterocycles. The zero-order chi connectivity index (χ0) is 14.5. The fourth-order valence-electron chi connectivity index (χ4n) is 1.72. The summed E-state index contributed by atoms with van der Waals surface area (Å²) >= 11 is 0. The summed E-state index contributed by atoms with van der Waals surface area (Å²) in [5.41, 5.74) is 0.784. The summed E-state index contributed by atoms with van der Waals surface area (Å²) in [4.78, 5) is 0. The lowest BCUT2D eigenvalue weighted by molar-refractivity contribution is -0.0512. The minimum atomic E-state index is -2.89. The van der Waals surface area contributed by atoms with Crippen molar-refractivity contribution in [1.29, 1.82) is 0 Å². The van der Waals surface area contributed by atoms with E-state index in [1.165, 1.54) is 13.2 Å². The van der Waals surface area contributed by atoms with Crippen LogP contribution in [0.1, 0.15) is 5.56 Å². The molecule has 0 aliphatic carbocycles. The molecule has 5 nitrogen and oxygen atoms in total. The Labute approximate surface area is 115 Å². The number of methoxy groups -OCH3 is 1. The maximum atomic E-state index is 12.3. The third-order valence-corrected chi connectivity index (χ3v) is 2.63. The minimum absolute atomic E-state index is 0.0165. The van der Waals surface area contributed by atoms with Crippen LogP contribution in [0.3, 0.4) is 0 Å². The van der Waals surface area contributed by atoms with Gasteiger partial charge in [-0.25, -0.2) is 0 Å². The van der Waals surface area contributed by atoms with Crippen LogP contribution in [-0.4, -0.2) is 23.5 Å². The van der Waals surface area contributed by atoms with Crippen molar-refractivity contribution in [3.8, 4) is 11.5 Å². The lowest BCUT2D eigenvalue weighted by Crippen LogP contribution is -2.05. The predicted molar refractivity (Wildman–Crippen MR) is 70.2 cm³/mol. The van der Waals surface area contributed by atoms with Gasteiger partial charge in [-0.3, -0.25) is 4.68 Å². The van der Waals surface area contributed by atoms with Crippen LogP contribution in [0.5, 0.6) is 11.5 Å². The highest BCUT2D eigenvalue weighted by atomic mass is 19.3. The minimum Gasteiger partial charge on any atom is -0.493 e. The van der Waals surface area contributed by atoms with E-state index < -0.39 is 6.61 Å². The Hall–Kier alpha value is -2.31. The fraction of sp³-hybridized carbons (Fsp3) is 0.308. The van der Waals surface area contributed by atoms with Gasteiger partial charge in [0.15, 0.2) is 11.5 Å². The number of aromatic nitrogens is 2. The van der Waals surface area contributed by atoms with Crippen LogP contribution in [0.2, 0.25) is 0 Å². The summed E-state index contributed by atoms with van der Waals surface area (Å²) in [7, 11) is 3.21. The number of benzene rings is 1. The average molecular weight is 283 g/mol. The van der Waals surface area contributed by atoms with Gasteiger partial charge < -0.3 is 14.8 Å². The van der Waals surface area contributed by atoms with E-state index in [0.717, 1.165) is 5.56 Å². The van der Waals surface area contributed by atoms with Gasteiger partial charge in [-0.2, -0.15) is 13.9 Å². The van der Waals surface area contributed by atoms with Crippen molar-refractivity contribution < 1.29 is 18.3 Å². The first-order valence-electron chi connectivity index (χ1n) is 5.93. The molecule has 0 bridgehead atoms. The lowest BCUT2D eigenvalue weighted by Gasteiger charge is -2.11. The number of ether oxygens (including phenoxy) is 2. The Morgan fingerprint density at radius 2 is 2.10 bits per heavy atom. The van der Waals surface area contributed by atoms with E-state index in [-0.39, 0.29) is 11.5 Å². The van der Waals surface area contributed by atoms with Crippen LogP contribution < -0.4 is 14.8 Å². The molecule has 0 aliphatic rings. The zero-order valence-electron chi connectivity index (χ0n) is 11.1. The molecule has 20 heavy (non-hydrogen) atoms. The predicted octanol–water partition coefficient (Wildman–Crippen LogP) is 2.64. The van der Waals surface area contributed by atoms with Gasteiger partial charge in [-0.05, 0) is 17.7 Å². The van der Waals surface area contributed by atoms with Crippen molar-refractivity contribution in [1.82, 2.24) is 9.78 Å². The van der Waals surface area contributed by atoms with Crippen LogP contribution in [-0.2, 0) is 13.6 Å². The summed E-state index contributed by atoms with van der Waals surface area (Å²) in [5.74, 6) is 0.995. The van der Waals surface area contributed by atoms with Crippen molar-refractivity contribution in [2.75, 3.05) is 12.4 Å². The van der Waals surface area contributed by atoms with E-state index in [2.05, 4.69) is 15.2 Å². The molecule has 0 atom stereocenters. The molecule has 0 saturated heterocycles. The van der Waals surface area contributed by atoms with E-state index in [1.807, 2.05) is 19.3 Å². The molecule has 1 heterocycles. The number of alkyl halides is 2. The van der Waals surface area contributed by atoms with Gasteiger partial charge in [-0.15, -0.1) is 0 Å². The maximum Gasteiger partial charge on any atom is 0.387 e. The topological polar surface area (TPSA) is 48.3 Å². The quantitative estimate of drug-likeness (QED) is 0.885. The number of hydrogen-bond donors (Lipinski definition) is 1. The van der Waals surface area contributed by atoms with Crippen LogP contribution in [0, 0.1) is 0 Å². The Bertz CT molecular complexity index is 572. The van der Waals surface area contributed by atoms with Gasteiger partial charge in [0.05, 0.1) is 7.11 Å². The Morgan fingerprint density at radius 1 is 1.30 bits per heavy atom. The van der Waals surface area contributed by atoms with E-state index in [1.54, 1.807) is 16.8 Å². The number of hydrogen-bond acceptors (Lipinski definition) is 4.